The minimum Gasteiger partial charge on any atom is -0.461 e. The first-order valence-electron chi connectivity index (χ1n) is 6.71. The molecule has 19 heavy (non-hydrogen) atoms. The molecule has 1 aliphatic rings. The molecule has 1 aromatic carbocycles. The van der Waals surface area contributed by atoms with Crippen LogP contribution in [0.2, 0.25) is 0 Å². The molecule has 2 aromatic rings. The second-order valence-corrected chi connectivity index (χ2v) is 7.39. The number of thioether (sulfide) groups is 2. The topological polar surface area (TPSA) is 25.2 Å². The Morgan fingerprint density at radius 3 is 3.05 bits per heavy atom. The van der Waals surface area contributed by atoms with E-state index in [1.54, 1.807) is 0 Å². The van der Waals surface area contributed by atoms with Gasteiger partial charge in [-0.3, -0.25) is 0 Å². The molecule has 0 radical (unpaired) electrons. The van der Waals surface area contributed by atoms with Crippen molar-refractivity contribution < 1.29 is 4.42 Å². The number of fused-ring (bicyclic) bond motifs is 1. The molecule has 0 saturated carbocycles. The molecule has 1 saturated heterocycles. The van der Waals surface area contributed by atoms with Crippen LogP contribution in [0, 0.1) is 6.92 Å². The van der Waals surface area contributed by atoms with E-state index in [9.17, 15) is 0 Å². The quantitative estimate of drug-likeness (QED) is 0.929. The summed E-state index contributed by atoms with van der Waals surface area (Å²) in [7, 11) is 0. The van der Waals surface area contributed by atoms with Crippen molar-refractivity contribution >= 4 is 34.5 Å². The van der Waals surface area contributed by atoms with E-state index in [1.807, 2.05) is 12.1 Å². The molecule has 0 bridgehead atoms. The van der Waals surface area contributed by atoms with Gasteiger partial charge in [-0.25, -0.2) is 0 Å². The second kappa shape index (κ2) is 6.25. The molecule has 1 aliphatic heterocycles. The van der Waals surface area contributed by atoms with Gasteiger partial charge in [0, 0.05) is 46.5 Å². The van der Waals surface area contributed by atoms with Crippen molar-refractivity contribution in [2.24, 2.45) is 0 Å². The smallest absolute Gasteiger partial charge is 0.134 e. The summed E-state index contributed by atoms with van der Waals surface area (Å²) >= 11 is 4.18. The van der Waals surface area contributed by atoms with Crippen molar-refractivity contribution in [3.8, 4) is 0 Å². The lowest BCUT2D eigenvalue weighted by Crippen LogP contribution is -2.28. The molecule has 1 N–H and O–H groups in total. The fraction of sp³-hybridized carbons (Fsp3) is 0.467. The lowest BCUT2D eigenvalue weighted by molar-refractivity contribution is 0.565. The zero-order valence-electron chi connectivity index (χ0n) is 11.1. The van der Waals surface area contributed by atoms with Gasteiger partial charge in [0.15, 0.2) is 0 Å². The van der Waals surface area contributed by atoms with E-state index in [1.165, 1.54) is 28.2 Å². The van der Waals surface area contributed by atoms with Gasteiger partial charge in [0.2, 0.25) is 0 Å². The van der Waals surface area contributed by atoms with Gasteiger partial charge in [0.1, 0.15) is 11.3 Å². The van der Waals surface area contributed by atoms with Gasteiger partial charge >= 0.3 is 0 Å². The van der Waals surface area contributed by atoms with Gasteiger partial charge in [-0.2, -0.15) is 23.5 Å². The van der Waals surface area contributed by atoms with E-state index in [0.29, 0.717) is 0 Å². The number of para-hydroxylation sites is 1. The average Bonchev–Trinajstić information content (AvgIpc) is 2.76. The summed E-state index contributed by atoms with van der Waals surface area (Å²) in [5.74, 6) is 4.93. The van der Waals surface area contributed by atoms with Crippen molar-refractivity contribution in [2.75, 3.05) is 23.8 Å². The van der Waals surface area contributed by atoms with Gasteiger partial charge < -0.3 is 9.73 Å². The minimum atomic E-state index is 0.761. The van der Waals surface area contributed by atoms with Crippen molar-refractivity contribution in [1.82, 2.24) is 5.32 Å². The van der Waals surface area contributed by atoms with Crippen LogP contribution in [-0.4, -0.2) is 29.1 Å². The number of benzene rings is 1. The molecule has 2 nitrogen and oxygen atoms in total. The summed E-state index contributed by atoms with van der Waals surface area (Å²) in [6, 6.07) is 8.29. The molecule has 2 heterocycles. The van der Waals surface area contributed by atoms with Crippen molar-refractivity contribution in [3.05, 3.63) is 35.6 Å². The molecule has 3 rings (SSSR count). The van der Waals surface area contributed by atoms with E-state index in [4.69, 9.17) is 4.42 Å². The molecule has 0 amide bonds. The average molecular weight is 293 g/mol. The Labute approximate surface area is 122 Å². The minimum absolute atomic E-state index is 0.761. The maximum Gasteiger partial charge on any atom is 0.134 e. The predicted octanol–water partition coefficient (Wildman–Crippen LogP) is 3.68. The molecule has 1 fully saturated rings. The highest BCUT2D eigenvalue weighted by molar-refractivity contribution is 8.06. The van der Waals surface area contributed by atoms with Crippen LogP contribution in [0.3, 0.4) is 0 Å². The Morgan fingerprint density at radius 1 is 1.32 bits per heavy atom. The monoisotopic (exact) mass is 293 g/mol. The third-order valence-corrected chi connectivity index (χ3v) is 6.30. The Kier molecular flexibility index (Phi) is 4.41. The third kappa shape index (κ3) is 3.12. The largest absolute Gasteiger partial charge is 0.461 e. The van der Waals surface area contributed by atoms with Crippen LogP contribution in [0.1, 0.15) is 11.3 Å². The molecule has 1 atom stereocenters. The van der Waals surface area contributed by atoms with Gasteiger partial charge in [0.25, 0.3) is 0 Å². The summed E-state index contributed by atoms with van der Waals surface area (Å²) in [6.45, 7) is 4.06. The van der Waals surface area contributed by atoms with Gasteiger partial charge in [0.05, 0.1) is 0 Å². The SMILES string of the molecule is Cc1oc2ccccc2c1CNCC1CSCCS1. The van der Waals surface area contributed by atoms with E-state index >= 15 is 0 Å². The summed E-state index contributed by atoms with van der Waals surface area (Å²) in [6.07, 6.45) is 0. The van der Waals surface area contributed by atoms with Crippen LogP contribution >= 0.6 is 23.5 Å². The molecule has 4 heteroatoms. The van der Waals surface area contributed by atoms with E-state index in [2.05, 4.69) is 47.9 Å². The van der Waals surface area contributed by atoms with Crippen LogP contribution in [0.4, 0.5) is 0 Å². The lowest BCUT2D eigenvalue weighted by atomic mass is 10.1. The Bertz CT molecular complexity index is 546. The number of hydrogen-bond donors (Lipinski definition) is 1. The van der Waals surface area contributed by atoms with Crippen LogP contribution in [0.15, 0.2) is 28.7 Å². The standard InChI is InChI=1S/C15H19NOS2/c1-11-14(13-4-2-3-5-15(13)17-11)9-16-8-12-10-18-6-7-19-12/h2-5,12,16H,6-10H2,1H3. The van der Waals surface area contributed by atoms with Crippen molar-refractivity contribution in [1.29, 1.82) is 0 Å². The molecule has 102 valence electrons. The molecule has 1 unspecified atom stereocenters. The highest BCUT2D eigenvalue weighted by Crippen LogP contribution is 2.26. The van der Waals surface area contributed by atoms with Gasteiger partial charge in [-0.05, 0) is 13.0 Å². The Morgan fingerprint density at radius 2 is 2.21 bits per heavy atom. The normalized spacial score (nSPS) is 19.9. The lowest BCUT2D eigenvalue weighted by Gasteiger charge is -2.21. The predicted molar refractivity (Wildman–Crippen MR) is 86.2 cm³/mol. The summed E-state index contributed by atoms with van der Waals surface area (Å²) < 4.78 is 5.79. The van der Waals surface area contributed by atoms with Crippen LogP contribution < -0.4 is 5.32 Å². The van der Waals surface area contributed by atoms with Crippen LogP contribution in [0.5, 0.6) is 0 Å². The Balaban J connectivity index is 1.63. The third-order valence-electron chi connectivity index (χ3n) is 3.46. The molecule has 0 spiro atoms. The first-order chi connectivity index (χ1) is 9.34. The number of nitrogens with one attached hydrogen (secondary N) is 1. The molecule has 0 aliphatic carbocycles. The number of aryl methyl sites for hydroxylation is 1. The van der Waals surface area contributed by atoms with Crippen LogP contribution in [-0.2, 0) is 6.54 Å². The summed E-state index contributed by atoms with van der Waals surface area (Å²) in [5.41, 5.74) is 2.31. The van der Waals surface area contributed by atoms with Crippen molar-refractivity contribution in [2.45, 2.75) is 18.7 Å². The first-order valence-corrected chi connectivity index (χ1v) is 8.92. The fourth-order valence-corrected chi connectivity index (χ4v) is 5.10. The highest BCUT2D eigenvalue weighted by atomic mass is 32.2. The van der Waals surface area contributed by atoms with Gasteiger partial charge in [-0.1, -0.05) is 18.2 Å². The van der Waals surface area contributed by atoms with Crippen molar-refractivity contribution in [3.63, 3.8) is 0 Å². The zero-order chi connectivity index (χ0) is 13.1. The maximum atomic E-state index is 5.79. The fourth-order valence-electron chi connectivity index (χ4n) is 2.45. The van der Waals surface area contributed by atoms with E-state index < -0.39 is 0 Å². The molecule has 1 aromatic heterocycles. The number of hydrogen-bond acceptors (Lipinski definition) is 4. The number of rotatable bonds is 4. The van der Waals surface area contributed by atoms with Crippen LogP contribution in [0.25, 0.3) is 11.0 Å². The highest BCUT2D eigenvalue weighted by Gasteiger charge is 2.15. The molecular formula is C15H19NOS2. The maximum absolute atomic E-state index is 5.79. The van der Waals surface area contributed by atoms with E-state index in [0.717, 1.165) is 29.7 Å². The zero-order valence-corrected chi connectivity index (χ0v) is 12.8. The van der Waals surface area contributed by atoms with Gasteiger partial charge in [-0.15, -0.1) is 0 Å². The number of furan rings is 1. The summed E-state index contributed by atoms with van der Waals surface area (Å²) in [4.78, 5) is 0. The molecular weight excluding hydrogens is 274 g/mol. The summed E-state index contributed by atoms with van der Waals surface area (Å²) in [5, 5.41) is 5.61. The first kappa shape index (κ1) is 13.4. The second-order valence-electron chi connectivity index (χ2n) is 4.83. The Hall–Kier alpha value is -0.580. The van der Waals surface area contributed by atoms with E-state index in [-0.39, 0.29) is 0 Å².